The number of aryl methyl sites for hydroxylation is 1. The molecule has 1 amide bonds. The van der Waals surface area contributed by atoms with Crippen LogP contribution in [0.4, 0.5) is 5.82 Å². The van der Waals surface area contributed by atoms with Crippen LogP contribution in [-0.4, -0.2) is 17.4 Å². The van der Waals surface area contributed by atoms with Crippen molar-refractivity contribution in [3.05, 3.63) is 59.3 Å². The predicted octanol–water partition coefficient (Wildman–Crippen LogP) is 2.22. The Morgan fingerprint density at radius 2 is 2.25 bits per heavy atom. The molecule has 0 bridgehead atoms. The molecular formula is C16H17N3O. The van der Waals surface area contributed by atoms with Gasteiger partial charge in [-0.05, 0) is 30.2 Å². The van der Waals surface area contributed by atoms with E-state index < -0.39 is 0 Å². The number of carbonyl (C=O) groups is 1. The molecule has 2 aromatic rings. The van der Waals surface area contributed by atoms with E-state index in [9.17, 15) is 4.79 Å². The minimum Gasteiger partial charge on any atom is -0.312 e. The average Bonchev–Trinajstić information content (AvgIpc) is 2.47. The van der Waals surface area contributed by atoms with Gasteiger partial charge in [0.15, 0.2) is 0 Å². The van der Waals surface area contributed by atoms with Gasteiger partial charge in [-0.3, -0.25) is 4.79 Å². The van der Waals surface area contributed by atoms with E-state index in [0.717, 1.165) is 12.1 Å². The van der Waals surface area contributed by atoms with Crippen LogP contribution in [0.1, 0.15) is 22.6 Å². The van der Waals surface area contributed by atoms with Crippen molar-refractivity contribution in [3.63, 3.8) is 0 Å². The highest BCUT2D eigenvalue weighted by Gasteiger charge is 2.26. The van der Waals surface area contributed by atoms with Gasteiger partial charge in [0.1, 0.15) is 5.82 Å². The molecule has 3 rings (SSSR count). The molecule has 1 aromatic carbocycles. The summed E-state index contributed by atoms with van der Waals surface area (Å²) in [5.74, 6) is 0.416. The lowest BCUT2D eigenvalue weighted by atomic mass is 9.89. The van der Waals surface area contributed by atoms with E-state index in [0.29, 0.717) is 12.4 Å². The number of hydrogen-bond donors (Lipinski definition) is 2. The van der Waals surface area contributed by atoms with Crippen LogP contribution in [0, 0.1) is 6.92 Å². The van der Waals surface area contributed by atoms with Crippen molar-refractivity contribution >= 4 is 11.7 Å². The summed E-state index contributed by atoms with van der Waals surface area (Å²) in [7, 11) is 0. The zero-order chi connectivity index (χ0) is 13.9. The third kappa shape index (κ3) is 2.56. The molecule has 1 aromatic heterocycles. The van der Waals surface area contributed by atoms with Gasteiger partial charge in [-0.2, -0.15) is 0 Å². The minimum absolute atomic E-state index is 0.0130. The summed E-state index contributed by atoms with van der Waals surface area (Å²) in [6.45, 7) is 3.55. The first-order chi connectivity index (χ1) is 9.74. The lowest BCUT2D eigenvalue weighted by Gasteiger charge is -2.25. The number of aromatic nitrogens is 1. The third-order valence-electron chi connectivity index (χ3n) is 3.57. The van der Waals surface area contributed by atoms with Gasteiger partial charge in [-0.25, -0.2) is 4.98 Å². The number of nitrogens with one attached hydrogen (secondary N) is 2. The zero-order valence-electron chi connectivity index (χ0n) is 11.4. The van der Waals surface area contributed by atoms with Crippen molar-refractivity contribution in [1.29, 1.82) is 0 Å². The van der Waals surface area contributed by atoms with Crippen molar-refractivity contribution in [1.82, 2.24) is 10.3 Å². The van der Waals surface area contributed by atoms with Crippen molar-refractivity contribution in [2.75, 3.05) is 11.9 Å². The van der Waals surface area contributed by atoms with Gasteiger partial charge >= 0.3 is 0 Å². The summed E-state index contributed by atoms with van der Waals surface area (Å²) >= 11 is 0. The number of carbonyl (C=O) groups excluding carboxylic acids is 1. The van der Waals surface area contributed by atoms with E-state index >= 15 is 0 Å². The van der Waals surface area contributed by atoms with Gasteiger partial charge < -0.3 is 10.6 Å². The molecule has 1 aliphatic rings. The largest absolute Gasteiger partial charge is 0.312 e. The highest BCUT2D eigenvalue weighted by molar-refractivity contribution is 5.95. The Labute approximate surface area is 118 Å². The lowest BCUT2D eigenvalue weighted by molar-refractivity contribution is -0.117. The van der Waals surface area contributed by atoms with Gasteiger partial charge in [0, 0.05) is 19.3 Å². The zero-order valence-corrected chi connectivity index (χ0v) is 11.4. The van der Waals surface area contributed by atoms with Crippen molar-refractivity contribution < 1.29 is 4.79 Å². The number of hydrogen-bond acceptors (Lipinski definition) is 3. The van der Waals surface area contributed by atoms with E-state index in [2.05, 4.69) is 40.7 Å². The molecular weight excluding hydrogens is 250 g/mol. The van der Waals surface area contributed by atoms with Crippen LogP contribution >= 0.6 is 0 Å². The van der Waals surface area contributed by atoms with Gasteiger partial charge in [0.25, 0.3) is 0 Å². The van der Waals surface area contributed by atoms with Crippen LogP contribution in [0.5, 0.6) is 0 Å². The normalized spacial score (nSPS) is 17.4. The Bertz CT molecular complexity index is 625. The molecule has 4 heteroatoms. The van der Waals surface area contributed by atoms with Crippen molar-refractivity contribution in [2.45, 2.75) is 19.4 Å². The van der Waals surface area contributed by atoms with Crippen LogP contribution < -0.4 is 10.6 Å². The molecule has 20 heavy (non-hydrogen) atoms. The van der Waals surface area contributed by atoms with Gasteiger partial charge in [0.05, 0.1) is 5.92 Å². The number of rotatable bonds is 2. The van der Waals surface area contributed by atoms with Gasteiger partial charge in [0.2, 0.25) is 5.91 Å². The SMILES string of the molecule is Cc1ccc2c(c1)CNCC2C(=O)Nc1ccccn1. The molecule has 0 spiro atoms. The van der Waals surface area contributed by atoms with E-state index in [1.165, 1.54) is 11.1 Å². The summed E-state index contributed by atoms with van der Waals surface area (Å²) in [4.78, 5) is 16.6. The maximum absolute atomic E-state index is 12.4. The summed E-state index contributed by atoms with van der Waals surface area (Å²) in [5, 5.41) is 6.18. The fraction of sp³-hybridized carbons (Fsp3) is 0.250. The predicted molar refractivity (Wildman–Crippen MR) is 78.5 cm³/mol. The number of benzene rings is 1. The molecule has 0 fully saturated rings. The van der Waals surface area contributed by atoms with Crippen LogP contribution in [0.25, 0.3) is 0 Å². The molecule has 1 atom stereocenters. The maximum atomic E-state index is 12.4. The lowest BCUT2D eigenvalue weighted by Crippen LogP contribution is -2.35. The molecule has 4 nitrogen and oxygen atoms in total. The Balaban J connectivity index is 1.83. The van der Waals surface area contributed by atoms with E-state index in [1.807, 2.05) is 12.1 Å². The summed E-state index contributed by atoms with van der Waals surface area (Å²) in [6, 6.07) is 11.8. The van der Waals surface area contributed by atoms with Crippen molar-refractivity contribution in [2.24, 2.45) is 0 Å². The Kier molecular flexibility index (Phi) is 3.48. The monoisotopic (exact) mass is 267 g/mol. The number of pyridine rings is 1. The van der Waals surface area contributed by atoms with Crippen molar-refractivity contribution in [3.8, 4) is 0 Å². The second-order valence-electron chi connectivity index (χ2n) is 5.09. The summed E-state index contributed by atoms with van der Waals surface area (Å²) in [6.07, 6.45) is 1.67. The molecule has 2 heterocycles. The quantitative estimate of drug-likeness (QED) is 0.877. The molecule has 0 saturated carbocycles. The van der Waals surface area contributed by atoms with E-state index in [1.54, 1.807) is 12.3 Å². The Morgan fingerprint density at radius 1 is 1.35 bits per heavy atom. The standard InChI is InChI=1S/C16H17N3O/c1-11-5-6-13-12(8-11)9-17-10-14(13)16(20)19-15-4-2-3-7-18-15/h2-8,14,17H,9-10H2,1H3,(H,18,19,20). The minimum atomic E-state index is -0.165. The van der Waals surface area contributed by atoms with E-state index in [4.69, 9.17) is 0 Å². The number of nitrogens with zero attached hydrogens (tertiary/aromatic N) is 1. The number of amides is 1. The molecule has 2 N–H and O–H groups in total. The Hall–Kier alpha value is -2.20. The smallest absolute Gasteiger partial charge is 0.234 e. The molecule has 102 valence electrons. The topological polar surface area (TPSA) is 54.0 Å². The van der Waals surface area contributed by atoms with Crippen LogP contribution in [0.3, 0.4) is 0 Å². The second-order valence-corrected chi connectivity index (χ2v) is 5.09. The third-order valence-corrected chi connectivity index (χ3v) is 3.57. The highest BCUT2D eigenvalue weighted by atomic mass is 16.2. The summed E-state index contributed by atoms with van der Waals surface area (Å²) in [5.41, 5.74) is 3.54. The molecule has 1 aliphatic heterocycles. The number of anilines is 1. The first-order valence-corrected chi connectivity index (χ1v) is 6.76. The summed E-state index contributed by atoms with van der Waals surface area (Å²) < 4.78 is 0. The first-order valence-electron chi connectivity index (χ1n) is 6.76. The second kappa shape index (κ2) is 5.43. The van der Waals surface area contributed by atoms with Crippen LogP contribution in [-0.2, 0) is 11.3 Å². The fourth-order valence-corrected chi connectivity index (χ4v) is 2.57. The average molecular weight is 267 g/mol. The molecule has 0 saturated heterocycles. The Morgan fingerprint density at radius 3 is 3.05 bits per heavy atom. The maximum Gasteiger partial charge on any atom is 0.234 e. The number of fused-ring (bicyclic) bond motifs is 1. The van der Waals surface area contributed by atoms with Crippen LogP contribution in [0.2, 0.25) is 0 Å². The first kappa shape index (κ1) is 12.8. The molecule has 0 radical (unpaired) electrons. The molecule has 1 unspecified atom stereocenters. The highest BCUT2D eigenvalue weighted by Crippen LogP contribution is 2.26. The van der Waals surface area contributed by atoms with Gasteiger partial charge in [-0.1, -0.05) is 29.8 Å². The fourth-order valence-electron chi connectivity index (χ4n) is 2.57. The van der Waals surface area contributed by atoms with E-state index in [-0.39, 0.29) is 11.8 Å². The van der Waals surface area contributed by atoms with Gasteiger partial charge in [-0.15, -0.1) is 0 Å². The van der Waals surface area contributed by atoms with Crippen LogP contribution in [0.15, 0.2) is 42.6 Å². The molecule has 0 aliphatic carbocycles.